The Morgan fingerprint density at radius 3 is 2.43 bits per heavy atom. The monoisotopic (exact) mass is 477 g/mol. The van der Waals surface area contributed by atoms with Crippen molar-refractivity contribution in [2.75, 3.05) is 0 Å². The second kappa shape index (κ2) is 7.61. The molecule has 0 N–H and O–H groups in total. The molecule has 3 aliphatic rings. The van der Waals surface area contributed by atoms with E-state index in [4.69, 9.17) is 4.99 Å². The average Bonchev–Trinajstić information content (AvgIpc) is 2.82. The van der Waals surface area contributed by atoms with Gasteiger partial charge in [0, 0.05) is 22.5 Å². The second-order valence-corrected chi connectivity index (χ2v) is 17.2. The van der Waals surface area contributed by atoms with Gasteiger partial charge in [0.05, 0.1) is 25.4 Å². The van der Waals surface area contributed by atoms with Gasteiger partial charge in [-0.1, -0.05) is 82.0 Å². The van der Waals surface area contributed by atoms with E-state index in [1.54, 1.807) is 5.19 Å². The molecular formula is C32H37N2Si+. The fraction of sp³-hybridized carbons (Fsp3) is 0.375. The molecule has 2 nitrogen and oxygen atoms in total. The van der Waals surface area contributed by atoms with Crippen molar-refractivity contribution in [3.8, 4) is 11.3 Å². The number of aliphatic imine (C=N–C) groups is 1. The number of benzene rings is 2. The summed E-state index contributed by atoms with van der Waals surface area (Å²) in [6, 6.07) is 20.8. The molecule has 0 radical (unpaired) electrons. The molecule has 3 heteroatoms. The molecule has 2 aliphatic heterocycles. The van der Waals surface area contributed by atoms with Crippen LogP contribution in [0.15, 0.2) is 78.4 Å². The first-order valence-corrected chi connectivity index (χ1v) is 16.6. The molecule has 1 fully saturated rings. The molecule has 1 spiro atoms. The van der Waals surface area contributed by atoms with Crippen LogP contribution >= 0.6 is 0 Å². The van der Waals surface area contributed by atoms with Gasteiger partial charge in [0.25, 0.3) is 0 Å². The highest BCUT2D eigenvalue weighted by Gasteiger charge is 2.69. The van der Waals surface area contributed by atoms with Crippen LogP contribution in [0.5, 0.6) is 0 Å². The Morgan fingerprint density at radius 2 is 1.74 bits per heavy atom. The fourth-order valence-corrected chi connectivity index (χ4v) is 9.04. The number of rotatable bonds is 3. The van der Waals surface area contributed by atoms with Crippen LogP contribution in [0.25, 0.3) is 11.3 Å². The molecule has 4 atom stereocenters. The number of aromatic nitrogens is 1. The van der Waals surface area contributed by atoms with Gasteiger partial charge in [-0.25, -0.2) is 0 Å². The van der Waals surface area contributed by atoms with Gasteiger partial charge in [-0.05, 0) is 47.6 Å². The molecule has 2 aromatic carbocycles. The van der Waals surface area contributed by atoms with Crippen molar-refractivity contribution in [1.29, 1.82) is 0 Å². The lowest BCUT2D eigenvalue weighted by Crippen LogP contribution is -2.71. The third-order valence-electron chi connectivity index (χ3n) is 8.81. The topological polar surface area (TPSA) is 16.2 Å². The van der Waals surface area contributed by atoms with Crippen LogP contribution in [-0.2, 0) is 6.42 Å². The molecule has 0 amide bonds. The SMILES string of the molecule is C=CC1C2C(c3ccccc3-c3cc(C(C)C)c([Si](C)(C)C)c[n+]32)C12Cc1ccccc1C(C)=N2. The first kappa shape index (κ1) is 22.7. The molecule has 35 heavy (non-hydrogen) atoms. The van der Waals surface area contributed by atoms with E-state index >= 15 is 0 Å². The minimum Gasteiger partial charge on any atom is -0.281 e. The molecule has 0 bridgehead atoms. The lowest BCUT2D eigenvalue weighted by molar-refractivity contribution is -0.738. The van der Waals surface area contributed by atoms with Gasteiger partial charge >= 0.3 is 0 Å². The Kier molecular flexibility index (Phi) is 4.93. The zero-order chi connectivity index (χ0) is 24.7. The zero-order valence-electron chi connectivity index (χ0n) is 22.0. The summed E-state index contributed by atoms with van der Waals surface area (Å²) in [5.74, 6) is 1.16. The molecule has 178 valence electrons. The first-order chi connectivity index (χ1) is 16.7. The largest absolute Gasteiger partial charge is 0.281 e. The summed E-state index contributed by atoms with van der Waals surface area (Å²) in [5.41, 5.74) is 9.47. The highest BCUT2D eigenvalue weighted by Crippen LogP contribution is 2.64. The molecule has 4 unspecified atom stereocenters. The van der Waals surface area contributed by atoms with Crippen molar-refractivity contribution in [3.63, 3.8) is 0 Å². The fourth-order valence-electron chi connectivity index (χ4n) is 7.29. The number of nitrogens with zero attached hydrogens (tertiary/aromatic N) is 2. The highest BCUT2D eigenvalue weighted by atomic mass is 28.3. The van der Waals surface area contributed by atoms with Crippen molar-refractivity contribution in [2.45, 2.75) is 70.2 Å². The van der Waals surface area contributed by atoms with Crippen LogP contribution in [0.4, 0.5) is 0 Å². The number of fused-ring (bicyclic) bond motifs is 8. The van der Waals surface area contributed by atoms with Gasteiger partial charge in [-0.15, -0.1) is 6.58 Å². The van der Waals surface area contributed by atoms with E-state index in [2.05, 4.69) is 118 Å². The summed E-state index contributed by atoms with van der Waals surface area (Å²) in [6.07, 6.45) is 5.73. The standard InChI is InChI=1S/C32H37N2Si/c1-8-27-31-30(32(27)18-22-13-9-10-14-23(22)21(4)33-32)25-16-12-11-15-24(25)28-17-26(20(2)3)29(19-34(28)31)35(5,6)7/h8-17,19-20,27,30-31H,1,18H2,2-7H3/q+1. The Hall–Kier alpha value is -2.78. The lowest BCUT2D eigenvalue weighted by atomic mass is 9.48. The van der Waals surface area contributed by atoms with Crippen molar-refractivity contribution in [1.82, 2.24) is 0 Å². The van der Waals surface area contributed by atoms with Gasteiger partial charge in [0.2, 0.25) is 5.69 Å². The molecule has 1 aromatic heterocycles. The van der Waals surface area contributed by atoms with E-state index in [9.17, 15) is 0 Å². The summed E-state index contributed by atoms with van der Waals surface area (Å²) < 4.78 is 2.63. The third kappa shape index (κ3) is 3.07. The number of hydrogen-bond donors (Lipinski definition) is 0. The summed E-state index contributed by atoms with van der Waals surface area (Å²) in [7, 11) is -1.53. The molecule has 3 aromatic rings. The van der Waals surface area contributed by atoms with Gasteiger partial charge in [0.1, 0.15) is 0 Å². The quantitative estimate of drug-likeness (QED) is 0.230. The summed E-state index contributed by atoms with van der Waals surface area (Å²) in [5, 5.41) is 1.59. The Bertz CT molecular complexity index is 1390. The normalized spacial score (nSPS) is 26.3. The van der Waals surface area contributed by atoms with Crippen LogP contribution in [0.2, 0.25) is 19.6 Å². The third-order valence-corrected chi connectivity index (χ3v) is 10.8. The van der Waals surface area contributed by atoms with E-state index in [-0.39, 0.29) is 5.54 Å². The zero-order valence-corrected chi connectivity index (χ0v) is 23.0. The van der Waals surface area contributed by atoms with Crippen LogP contribution in [-0.4, -0.2) is 19.3 Å². The van der Waals surface area contributed by atoms with Gasteiger partial charge in [-0.2, -0.15) is 4.57 Å². The van der Waals surface area contributed by atoms with Crippen molar-refractivity contribution < 1.29 is 4.57 Å². The molecule has 1 saturated carbocycles. The van der Waals surface area contributed by atoms with Crippen molar-refractivity contribution >= 4 is 19.0 Å². The van der Waals surface area contributed by atoms with E-state index in [1.165, 1.54) is 39.2 Å². The molecule has 0 saturated heterocycles. The van der Waals surface area contributed by atoms with Gasteiger partial charge in [-0.3, -0.25) is 4.99 Å². The van der Waals surface area contributed by atoms with Gasteiger partial charge in [0.15, 0.2) is 12.2 Å². The molecule has 1 aliphatic carbocycles. The average molecular weight is 478 g/mol. The lowest BCUT2D eigenvalue weighted by Gasteiger charge is -2.58. The predicted molar refractivity (Wildman–Crippen MR) is 150 cm³/mol. The highest BCUT2D eigenvalue weighted by molar-refractivity contribution is 6.89. The Labute approximate surface area is 211 Å². The number of pyridine rings is 1. The molecular weight excluding hydrogens is 440 g/mol. The second-order valence-electron chi connectivity index (χ2n) is 12.2. The summed E-state index contributed by atoms with van der Waals surface area (Å²) in [4.78, 5) is 5.53. The van der Waals surface area contributed by atoms with Crippen LogP contribution in [0, 0.1) is 5.92 Å². The van der Waals surface area contributed by atoms with Crippen LogP contribution in [0.1, 0.15) is 60.9 Å². The maximum atomic E-state index is 5.53. The Balaban J connectivity index is 1.61. The summed E-state index contributed by atoms with van der Waals surface area (Å²) in [6.45, 7) is 18.7. The van der Waals surface area contributed by atoms with E-state index < -0.39 is 8.07 Å². The first-order valence-electron chi connectivity index (χ1n) is 13.1. The maximum absolute atomic E-state index is 5.53. The smallest absolute Gasteiger partial charge is 0.213 e. The van der Waals surface area contributed by atoms with Crippen molar-refractivity contribution in [3.05, 3.63) is 95.7 Å². The van der Waals surface area contributed by atoms with E-state index in [1.807, 2.05) is 0 Å². The minimum absolute atomic E-state index is 0.165. The maximum Gasteiger partial charge on any atom is 0.213 e. The van der Waals surface area contributed by atoms with Crippen molar-refractivity contribution in [2.24, 2.45) is 10.9 Å². The molecule has 3 heterocycles. The van der Waals surface area contributed by atoms with E-state index in [0.29, 0.717) is 23.8 Å². The van der Waals surface area contributed by atoms with Crippen LogP contribution in [0.3, 0.4) is 0 Å². The minimum atomic E-state index is -1.53. The predicted octanol–water partition coefficient (Wildman–Crippen LogP) is 6.57. The summed E-state index contributed by atoms with van der Waals surface area (Å²) >= 11 is 0. The Morgan fingerprint density at radius 1 is 1.06 bits per heavy atom. The molecule has 6 rings (SSSR count). The van der Waals surface area contributed by atoms with Crippen LogP contribution < -0.4 is 9.75 Å². The van der Waals surface area contributed by atoms with E-state index in [0.717, 1.165) is 6.42 Å². The van der Waals surface area contributed by atoms with Gasteiger partial charge < -0.3 is 0 Å². The number of hydrogen-bond acceptors (Lipinski definition) is 1.